The van der Waals surface area contributed by atoms with E-state index >= 15 is 0 Å². The Kier molecular flexibility index (Phi) is 22.0. The topological polar surface area (TPSA) is 351 Å². The molecule has 10 N–H and O–H groups in total. The normalized spacial score (nSPS) is 11.6. The van der Waals surface area contributed by atoms with Gasteiger partial charge in [0.1, 0.15) is 28.5 Å². The average molecular weight is 1010 g/mol. The molecule has 6 aromatic rings. The Labute approximate surface area is 446 Å². The maximum absolute atomic E-state index is 12.7. The van der Waals surface area contributed by atoms with Gasteiger partial charge in [-0.15, -0.1) is 0 Å². The molecule has 27 heteroatoms. The van der Waals surface area contributed by atoms with Crippen molar-refractivity contribution in [2.24, 2.45) is 0 Å². The first-order valence-electron chi connectivity index (χ1n) is 19.5. The number of carboxylic acids is 3. The Bertz CT molecular complexity index is 2950. The first-order valence-corrected chi connectivity index (χ1v) is 21.6. The van der Waals surface area contributed by atoms with E-state index in [-0.39, 0.29) is 98.8 Å². The van der Waals surface area contributed by atoms with Crippen molar-refractivity contribution in [1.82, 2.24) is 15.0 Å². The van der Waals surface area contributed by atoms with Crippen LogP contribution >= 0.6 is 12.0 Å². The van der Waals surface area contributed by atoms with Crippen LogP contribution in [0.15, 0.2) is 137 Å². The third-order valence-electron chi connectivity index (χ3n) is 8.95. The maximum Gasteiger partial charge on any atom is 1.00 e. The number of hydrogen-bond acceptors (Lipinski definition) is 21. The van der Waals surface area contributed by atoms with E-state index in [1.54, 1.807) is 91.0 Å². The van der Waals surface area contributed by atoms with Crippen LogP contribution in [0, 0.1) is 0 Å². The SMILES string of the molecule is O=C(O)CC(Nc1cc(Nc2ccccc2)cc(Nc2ccc(C=Cc3ccc(Nc4nc(N/C(=C\COO)C(=O)O)nc(Nc5ccccc5)n4)cc3S(=O)(=O)[O-])c(SOO[O-])c2)c1)C(=O)O.[Na+].[Na+]. The maximum atomic E-state index is 12.7. The van der Waals surface area contributed by atoms with Crippen molar-refractivity contribution in [2.45, 2.75) is 22.3 Å². The fourth-order valence-corrected chi connectivity index (χ4v) is 7.27. The first-order chi connectivity index (χ1) is 32.6. The molecule has 0 radical (unpaired) electrons. The molecule has 23 nitrogen and oxygen atoms in total. The molecule has 0 fully saturated rings. The van der Waals surface area contributed by atoms with Gasteiger partial charge in [-0.25, -0.2) is 22.9 Å². The molecule has 1 heterocycles. The molecule has 0 saturated heterocycles. The van der Waals surface area contributed by atoms with Gasteiger partial charge < -0.3 is 57.0 Å². The van der Waals surface area contributed by atoms with Crippen LogP contribution in [-0.4, -0.2) is 79.1 Å². The number of carbonyl (C=O) groups is 3. The molecule has 1 unspecified atom stereocenters. The summed E-state index contributed by atoms with van der Waals surface area (Å²) in [5, 5.41) is 69.2. The number of para-hydroxylation sites is 2. The smallest absolute Gasteiger partial charge is 0.744 e. The van der Waals surface area contributed by atoms with Crippen LogP contribution in [0.1, 0.15) is 17.5 Å². The van der Waals surface area contributed by atoms with Crippen molar-refractivity contribution >= 4 is 110 Å². The van der Waals surface area contributed by atoms with Gasteiger partial charge in [-0.2, -0.15) is 19.3 Å². The zero-order valence-corrected chi connectivity index (χ0v) is 42.4. The second kappa shape index (κ2) is 27.3. The molecule has 0 aliphatic rings. The van der Waals surface area contributed by atoms with Crippen molar-refractivity contribution in [1.29, 1.82) is 0 Å². The fourth-order valence-electron chi connectivity index (χ4n) is 6.06. The number of aromatic nitrogens is 3. The first kappa shape index (κ1) is 56.4. The minimum Gasteiger partial charge on any atom is -0.744 e. The number of benzene rings is 5. The van der Waals surface area contributed by atoms with Gasteiger partial charge in [0.15, 0.2) is 0 Å². The van der Waals surface area contributed by atoms with Gasteiger partial charge in [0, 0.05) is 44.7 Å². The van der Waals surface area contributed by atoms with Gasteiger partial charge in [0.2, 0.25) is 17.8 Å². The number of aliphatic carboxylic acids is 3. The van der Waals surface area contributed by atoms with E-state index in [2.05, 4.69) is 61.1 Å². The Balaban J connectivity index is 0.00000533. The molecule has 5 aromatic carbocycles. The zero-order chi connectivity index (χ0) is 48.6. The summed E-state index contributed by atoms with van der Waals surface area (Å²) in [6.07, 6.45) is 3.07. The number of nitrogens with zero attached hydrogens (tertiary/aromatic N) is 3. The van der Waals surface area contributed by atoms with Gasteiger partial charge in [0.25, 0.3) is 0 Å². The summed E-state index contributed by atoms with van der Waals surface area (Å²) < 4.78 is 42.6. The minimum absolute atomic E-state index is 0. The largest absolute Gasteiger partial charge is 1.00 e. The predicted octanol–water partition coefficient (Wildman–Crippen LogP) is 0.369. The van der Waals surface area contributed by atoms with E-state index < -0.39 is 57.7 Å². The molecule has 0 saturated carbocycles. The number of rotatable bonds is 24. The molecule has 1 atom stereocenters. The van der Waals surface area contributed by atoms with Crippen molar-refractivity contribution in [2.75, 3.05) is 38.5 Å². The van der Waals surface area contributed by atoms with E-state index in [0.717, 1.165) is 12.1 Å². The van der Waals surface area contributed by atoms with E-state index in [1.165, 1.54) is 24.3 Å². The van der Waals surface area contributed by atoms with E-state index in [1.807, 2.05) is 6.07 Å². The Morgan fingerprint density at radius 3 is 1.76 bits per heavy atom. The van der Waals surface area contributed by atoms with E-state index in [4.69, 9.17) is 5.26 Å². The van der Waals surface area contributed by atoms with Gasteiger partial charge in [-0.3, -0.25) is 15.1 Å². The Morgan fingerprint density at radius 2 is 1.20 bits per heavy atom. The molecule has 1 aromatic heterocycles. The second-order valence-corrected chi connectivity index (χ2v) is 15.9. The summed E-state index contributed by atoms with van der Waals surface area (Å²) in [4.78, 5) is 51.3. The van der Waals surface area contributed by atoms with Crippen LogP contribution < -0.4 is 96.3 Å². The average Bonchev–Trinajstić information content (AvgIpc) is 3.29. The Hall–Kier alpha value is -6.14. The molecule has 352 valence electrons. The Morgan fingerprint density at radius 1 is 0.671 bits per heavy atom. The molecule has 6 rings (SSSR count). The summed E-state index contributed by atoms with van der Waals surface area (Å²) in [6, 6.07) is 29.6. The zero-order valence-electron chi connectivity index (χ0n) is 36.7. The molecular weight excluding hydrogens is 977 g/mol. The van der Waals surface area contributed by atoms with Crippen LogP contribution in [0.4, 0.5) is 57.7 Å². The predicted molar refractivity (Wildman–Crippen MR) is 245 cm³/mol. The number of carboxylic acid groups (broad SMARTS) is 3. The fraction of sp³-hybridized carbons (Fsp3) is 0.0698. The molecule has 70 heavy (non-hydrogen) atoms. The quantitative estimate of drug-likeness (QED) is 0.00745. The number of nitrogens with one attached hydrogen (secondary N) is 6. The molecule has 0 spiro atoms. The second-order valence-electron chi connectivity index (χ2n) is 13.8. The number of hydrogen-bond donors (Lipinski definition) is 10. The minimum atomic E-state index is -5.15. The van der Waals surface area contributed by atoms with Crippen LogP contribution in [-0.2, 0) is 38.8 Å². The van der Waals surface area contributed by atoms with Crippen molar-refractivity contribution in [3.63, 3.8) is 0 Å². The summed E-state index contributed by atoms with van der Waals surface area (Å²) in [6.45, 7) is -0.487. The molecule has 0 amide bonds. The van der Waals surface area contributed by atoms with Crippen molar-refractivity contribution in [3.05, 3.63) is 138 Å². The molecule has 0 aliphatic carbocycles. The van der Waals surface area contributed by atoms with Crippen LogP contribution in [0.3, 0.4) is 0 Å². The van der Waals surface area contributed by atoms with Gasteiger partial charge in [-0.05, 0) is 83.9 Å². The summed E-state index contributed by atoms with van der Waals surface area (Å²) in [5.74, 6) is -4.72. The van der Waals surface area contributed by atoms with Gasteiger partial charge in [-0.1, -0.05) is 60.7 Å². The van der Waals surface area contributed by atoms with E-state index in [0.29, 0.717) is 46.0 Å². The molecular formula is C43H37N9Na2O14S2. The van der Waals surface area contributed by atoms with Crippen LogP contribution in [0.5, 0.6) is 0 Å². The third kappa shape index (κ3) is 17.4. The third-order valence-corrected chi connectivity index (χ3v) is 10.5. The molecule has 0 aliphatic heterocycles. The summed E-state index contributed by atoms with van der Waals surface area (Å²) in [5.41, 5.74) is 2.70. The van der Waals surface area contributed by atoms with Crippen molar-refractivity contribution < 1.29 is 127 Å². The monoisotopic (exact) mass is 1010 g/mol. The van der Waals surface area contributed by atoms with Gasteiger partial charge in [0.05, 0.1) is 23.4 Å². The van der Waals surface area contributed by atoms with Crippen LogP contribution in [0.2, 0.25) is 0 Å². The van der Waals surface area contributed by atoms with Crippen molar-refractivity contribution in [3.8, 4) is 0 Å². The molecule has 0 bridgehead atoms. The van der Waals surface area contributed by atoms with E-state index in [9.17, 15) is 47.9 Å². The summed E-state index contributed by atoms with van der Waals surface area (Å²) >= 11 is 0.513. The number of anilines is 10. The van der Waals surface area contributed by atoms with Gasteiger partial charge >= 0.3 is 77.0 Å². The standard InChI is InChI=1S/C43H39N9O14S2.2Na/c53-38(54)24-35(40(57)58)46-33-20-31(44-27-7-3-1-4-8-27)19-32(21-33)45-29-15-13-25(36(22-29)67-66-65-60)11-12-26-14-16-30(23-37(26)68(61,62)63)48-42-50-41(47-28-9-5-2-6-10-28)51-43(52-42)49-34(39(55)56)17-18-64-59;;/h1-17,19-23,35,44-46,59-60H,18,24H2,(H,53,54)(H,55,56)(H,57,58)(H,61,62,63)(H3,47,48,49,50,51,52);;/q;2*+1/p-2/b12-11?,34-17-;;. The van der Waals surface area contributed by atoms with Crippen LogP contribution in [0.25, 0.3) is 12.2 Å². The summed E-state index contributed by atoms with van der Waals surface area (Å²) in [7, 11) is -5.15.